The van der Waals surface area contributed by atoms with Gasteiger partial charge in [0.1, 0.15) is 0 Å². The van der Waals surface area contributed by atoms with Gasteiger partial charge in [-0.2, -0.15) is 5.10 Å². The summed E-state index contributed by atoms with van der Waals surface area (Å²) in [5.41, 5.74) is 2.07. The van der Waals surface area contributed by atoms with E-state index in [1.165, 1.54) is 31.0 Å². The zero-order valence-electron chi connectivity index (χ0n) is 8.62. The van der Waals surface area contributed by atoms with Crippen LogP contribution in [0.2, 0.25) is 0 Å². The summed E-state index contributed by atoms with van der Waals surface area (Å²) < 4.78 is 0. The Morgan fingerprint density at radius 3 is 3.20 bits per heavy atom. The molecule has 0 saturated heterocycles. The molecule has 80 valence electrons. The highest BCUT2D eigenvalue weighted by Crippen LogP contribution is 2.19. The SMILES string of the molecule is O=C(NCCC1=CCCC1)c1cn[nH]c1. The third kappa shape index (κ3) is 2.68. The normalized spacial score (nSPS) is 15.1. The summed E-state index contributed by atoms with van der Waals surface area (Å²) in [6.07, 6.45) is 10.1. The molecule has 0 bridgehead atoms. The van der Waals surface area contributed by atoms with Crippen LogP contribution in [-0.4, -0.2) is 22.6 Å². The third-order valence-corrected chi connectivity index (χ3v) is 2.63. The molecular formula is C11H15N3O. The standard InChI is InChI=1S/C11H15N3O/c15-11(10-7-13-14-8-10)12-6-5-9-3-1-2-4-9/h3,7-8H,1-2,4-6H2,(H,12,15)(H,13,14). The summed E-state index contributed by atoms with van der Waals surface area (Å²) in [7, 11) is 0. The molecule has 1 aliphatic rings. The lowest BCUT2D eigenvalue weighted by Gasteiger charge is -2.03. The van der Waals surface area contributed by atoms with Crippen molar-refractivity contribution in [3.63, 3.8) is 0 Å². The van der Waals surface area contributed by atoms with Crippen molar-refractivity contribution < 1.29 is 4.79 Å². The van der Waals surface area contributed by atoms with Gasteiger partial charge in [-0.15, -0.1) is 0 Å². The number of allylic oxidation sites excluding steroid dienone is 1. The van der Waals surface area contributed by atoms with E-state index in [1.807, 2.05) is 0 Å². The quantitative estimate of drug-likeness (QED) is 0.734. The molecule has 0 radical (unpaired) electrons. The lowest BCUT2D eigenvalue weighted by atomic mass is 10.1. The first-order valence-electron chi connectivity index (χ1n) is 5.31. The number of amides is 1. The number of hydrogen-bond acceptors (Lipinski definition) is 2. The van der Waals surface area contributed by atoms with Crippen LogP contribution in [0.3, 0.4) is 0 Å². The maximum Gasteiger partial charge on any atom is 0.254 e. The molecule has 1 amide bonds. The number of carbonyl (C=O) groups excluding carboxylic acids is 1. The number of rotatable bonds is 4. The molecule has 1 aromatic heterocycles. The van der Waals surface area contributed by atoms with E-state index in [-0.39, 0.29) is 5.91 Å². The summed E-state index contributed by atoms with van der Waals surface area (Å²) in [6, 6.07) is 0. The molecule has 0 saturated carbocycles. The Balaban J connectivity index is 1.72. The van der Waals surface area contributed by atoms with Crippen LogP contribution in [0.15, 0.2) is 24.0 Å². The average molecular weight is 205 g/mol. The van der Waals surface area contributed by atoms with Crippen molar-refractivity contribution in [2.45, 2.75) is 25.7 Å². The molecular weight excluding hydrogens is 190 g/mol. The predicted molar refractivity (Wildman–Crippen MR) is 57.5 cm³/mol. The second kappa shape index (κ2) is 4.77. The molecule has 1 aliphatic carbocycles. The zero-order chi connectivity index (χ0) is 10.5. The minimum atomic E-state index is -0.0534. The molecule has 0 unspecified atom stereocenters. The first kappa shape index (κ1) is 9.96. The van der Waals surface area contributed by atoms with Crippen molar-refractivity contribution in [2.75, 3.05) is 6.54 Å². The average Bonchev–Trinajstić information content (AvgIpc) is 2.90. The summed E-state index contributed by atoms with van der Waals surface area (Å²) in [4.78, 5) is 11.5. The highest BCUT2D eigenvalue weighted by atomic mass is 16.1. The lowest BCUT2D eigenvalue weighted by molar-refractivity contribution is 0.0954. The second-order valence-corrected chi connectivity index (χ2v) is 3.75. The second-order valence-electron chi connectivity index (χ2n) is 3.75. The van der Waals surface area contributed by atoms with Gasteiger partial charge in [0, 0.05) is 12.7 Å². The number of carbonyl (C=O) groups is 1. The van der Waals surface area contributed by atoms with Crippen molar-refractivity contribution in [3.8, 4) is 0 Å². The van der Waals surface area contributed by atoms with Gasteiger partial charge in [0.2, 0.25) is 0 Å². The lowest BCUT2D eigenvalue weighted by Crippen LogP contribution is -2.24. The van der Waals surface area contributed by atoms with Crippen LogP contribution >= 0.6 is 0 Å². The first-order valence-corrected chi connectivity index (χ1v) is 5.31. The zero-order valence-corrected chi connectivity index (χ0v) is 8.62. The van der Waals surface area contributed by atoms with Gasteiger partial charge in [0.05, 0.1) is 11.8 Å². The van der Waals surface area contributed by atoms with Gasteiger partial charge in [-0.25, -0.2) is 0 Å². The van der Waals surface area contributed by atoms with E-state index in [0.29, 0.717) is 5.56 Å². The van der Waals surface area contributed by atoms with E-state index >= 15 is 0 Å². The van der Waals surface area contributed by atoms with Crippen LogP contribution < -0.4 is 5.32 Å². The van der Waals surface area contributed by atoms with Crippen molar-refractivity contribution in [3.05, 3.63) is 29.6 Å². The number of hydrogen-bond donors (Lipinski definition) is 2. The van der Waals surface area contributed by atoms with E-state index in [4.69, 9.17) is 0 Å². The Hall–Kier alpha value is -1.58. The van der Waals surface area contributed by atoms with Crippen LogP contribution in [0.5, 0.6) is 0 Å². The van der Waals surface area contributed by atoms with Crippen molar-refractivity contribution in [1.29, 1.82) is 0 Å². The summed E-state index contributed by atoms with van der Waals surface area (Å²) in [5.74, 6) is -0.0534. The van der Waals surface area contributed by atoms with Gasteiger partial charge in [-0.05, 0) is 25.7 Å². The largest absolute Gasteiger partial charge is 0.352 e. The minimum Gasteiger partial charge on any atom is -0.352 e. The Labute approximate surface area is 88.8 Å². The van der Waals surface area contributed by atoms with E-state index in [1.54, 1.807) is 6.20 Å². The molecule has 4 nitrogen and oxygen atoms in total. The van der Waals surface area contributed by atoms with Crippen LogP contribution in [-0.2, 0) is 0 Å². The van der Waals surface area contributed by atoms with Crippen LogP contribution in [0, 0.1) is 0 Å². The maximum absolute atomic E-state index is 11.5. The predicted octanol–water partition coefficient (Wildman–Crippen LogP) is 1.64. The van der Waals surface area contributed by atoms with Gasteiger partial charge in [-0.3, -0.25) is 9.89 Å². The molecule has 0 atom stereocenters. The van der Waals surface area contributed by atoms with Crippen LogP contribution in [0.4, 0.5) is 0 Å². The molecule has 2 N–H and O–H groups in total. The highest BCUT2D eigenvalue weighted by molar-refractivity contribution is 5.93. The number of aromatic amines is 1. The Kier molecular flexibility index (Phi) is 3.17. The van der Waals surface area contributed by atoms with Gasteiger partial charge in [-0.1, -0.05) is 11.6 Å². The van der Waals surface area contributed by atoms with Gasteiger partial charge >= 0.3 is 0 Å². The summed E-state index contributed by atoms with van der Waals surface area (Å²) in [6.45, 7) is 0.718. The molecule has 0 spiro atoms. The fourth-order valence-electron chi connectivity index (χ4n) is 1.78. The van der Waals surface area contributed by atoms with E-state index in [2.05, 4.69) is 21.6 Å². The number of aromatic nitrogens is 2. The Bertz CT molecular complexity index is 354. The van der Waals surface area contributed by atoms with E-state index < -0.39 is 0 Å². The molecule has 0 fully saturated rings. The topological polar surface area (TPSA) is 57.8 Å². The van der Waals surface area contributed by atoms with Crippen molar-refractivity contribution >= 4 is 5.91 Å². The number of H-pyrrole nitrogens is 1. The van der Waals surface area contributed by atoms with Gasteiger partial charge < -0.3 is 5.32 Å². The monoisotopic (exact) mass is 205 g/mol. The molecule has 1 heterocycles. The number of nitrogens with one attached hydrogen (secondary N) is 2. The molecule has 1 aromatic rings. The highest BCUT2D eigenvalue weighted by Gasteiger charge is 2.07. The van der Waals surface area contributed by atoms with Crippen molar-refractivity contribution in [1.82, 2.24) is 15.5 Å². The Morgan fingerprint density at radius 1 is 1.60 bits per heavy atom. The summed E-state index contributed by atoms with van der Waals surface area (Å²) >= 11 is 0. The summed E-state index contributed by atoms with van der Waals surface area (Å²) in [5, 5.41) is 9.22. The minimum absolute atomic E-state index is 0.0534. The van der Waals surface area contributed by atoms with Crippen LogP contribution in [0.25, 0.3) is 0 Å². The molecule has 4 heteroatoms. The molecule has 0 aromatic carbocycles. The van der Waals surface area contributed by atoms with E-state index in [0.717, 1.165) is 13.0 Å². The first-order chi connectivity index (χ1) is 7.36. The van der Waals surface area contributed by atoms with Gasteiger partial charge in [0.25, 0.3) is 5.91 Å². The molecule has 2 rings (SSSR count). The smallest absolute Gasteiger partial charge is 0.254 e. The van der Waals surface area contributed by atoms with E-state index in [9.17, 15) is 4.79 Å². The third-order valence-electron chi connectivity index (χ3n) is 2.63. The van der Waals surface area contributed by atoms with Crippen molar-refractivity contribution in [2.24, 2.45) is 0 Å². The maximum atomic E-state index is 11.5. The van der Waals surface area contributed by atoms with Gasteiger partial charge in [0.15, 0.2) is 0 Å². The molecule has 15 heavy (non-hydrogen) atoms. The fraction of sp³-hybridized carbons (Fsp3) is 0.455. The molecule has 0 aliphatic heterocycles. The Morgan fingerprint density at radius 2 is 2.53 bits per heavy atom. The van der Waals surface area contributed by atoms with Crippen LogP contribution in [0.1, 0.15) is 36.0 Å². The number of nitrogens with zero attached hydrogens (tertiary/aromatic N) is 1. The fourth-order valence-corrected chi connectivity index (χ4v) is 1.78.